The maximum absolute atomic E-state index is 11.3. The lowest BCUT2D eigenvalue weighted by molar-refractivity contribution is 0.586. The largest absolute Gasteiger partial charge is 0.289 e. The molecular weight excluding hydrogens is 160 g/mol. The molecule has 0 N–H and O–H groups in total. The van der Waals surface area contributed by atoms with Crippen LogP contribution in [0.4, 0.5) is 0 Å². The van der Waals surface area contributed by atoms with Crippen LogP contribution >= 0.6 is 0 Å². The highest BCUT2D eigenvalue weighted by Gasteiger charge is 2.20. The van der Waals surface area contributed by atoms with Crippen LogP contribution in [0.3, 0.4) is 0 Å². The molecule has 0 fully saturated rings. The van der Waals surface area contributed by atoms with Crippen molar-refractivity contribution in [3.63, 3.8) is 0 Å². The van der Waals surface area contributed by atoms with E-state index in [0.717, 1.165) is 12.8 Å². The fourth-order valence-electron chi connectivity index (χ4n) is 2.26. The summed E-state index contributed by atoms with van der Waals surface area (Å²) in [4.78, 5) is 11.3. The minimum atomic E-state index is 0.417. The molecule has 13 heavy (non-hydrogen) atoms. The number of rotatable bonds is 0. The Morgan fingerprint density at radius 3 is 1.46 bits per heavy atom. The van der Waals surface area contributed by atoms with Gasteiger partial charge < -0.3 is 0 Å². The van der Waals surface area contributed by atoms with Crippen molar-refractivity contribution in [2.24, 2.45) is 0 Å². The van der Waals surface area contributed by atoms with Gasteiger partial charge in [-0.15, -0.1) is 0 Å². The summed E-state index contributed by atoms with van der Waals surface area (Å²) in [6.45, 7) is 0. The fraction of sp³-hybridized carbons (Fsp3) is 0.750. The summed E-state index contributed by atoms with van der Waals surface area (Å²) in [6, 6.07) is 0. The van der Waals surface area contributed by atoms with Crippen LogP contribution in [0.5, 0.6) is 0 Å². The van der Waals surface area contributed by atoms with E-state index >= 15 is 0 Å². The molecule has 0 bridgehead atoms. The highest BCUT2D eigenvalue weighted by molar-refractivity contribution is 5.39. The predicted octanol–water partition coefficient (Wildman–Crippen LogP) is 2.75. The van der Waals surface area contributed by atoms with Gasteiger partial charge in [0.1, 0.15) is 0 Å². The molecule has 1 nitrogen and oxygen atoms in total. The Kier molecular flexibility index (Phi) is 2.82. The zero-order valence-corrected chi connectivity index (χ0v) is 8.27. The maximum Gasteiger partial charge on any atom is 0.185 e. The highest BCUT2D eigenvalue weighted by atomic mass is 16.1. The molecule has 0 atom stereocenters. The second kappa shape index (κ2) is 4.08. The Morgan fingerprint density at radius 1 is 0.615 bits per heavy atom. The monoisotopic (exact) mass is 178 g/mol. The summed E-state index contributed by atoms with van der Waals surface area (Å²) in [6.07, 6.45) is 11.4. The topological polar surface area (TPSA) is 17.1 Å². The summed E-state index contributed by atoms with van der Waals surface area (Å²) < 4.78 is 0. The van der Waals surface area contributed by atoms with Crippen LogP contribution in [-0.4, -0.2) is 0 Å². The first-order valence-corrected chi connectivity index (χ1v) is 5.66. The Morgan fingerprint density at radius 2 is 1.00 bits per heavy atom. The van der Waals surface area contributed by atoms with Crippen molar-refractivity contribution in [3.8, 4) is 0 Å². The van der Waals surface area contributed by atoms with Crippen LogP contribution < -0.4 is 5.43 Å². The Bertz CT molecular complexity index is 253. The van der Waals surface area contributed by atoms with E-state index in [1.54, 1.807) is 0 Å². The van der Waals surface area contributed by atoms with Gasteiger partial charge in [0.25, 0.3) is 0 Å². The molecular formula is C12H18O. The van der Waals surface area contributed by atoms with Crippen molar-refractivity contribution in [2.75, 3.05) is 0 Å². The molecule has 0 radical (unpaired) electrons. The molecule has 2 rings (SSSR count). The van der Waals surface area contributed by atoms with E-state index in [1.165, 1.54) is 56.1 Å². The molecule has 0 unspecified atom stereocenters. The van der Waals surface area contributed by atoms with Crippen LogP contribution in [0.2, 0.25) is 0 Å². The molecule has 72 valence electrons. The Labute approximate surface area is 79.8 Å². The van der Waals surface area contributed by atoms with Gasteiger partial charge in [0.2, 0.25) is 0 Å². The number of hydrogen-bond donors (Lipinski definition) is 0. The molecule has 1 aliphatic rings. The third-order valence-corrected chi connectivity index (χ3v) is 3.20. The van der Waals surface area contributed by atoms with Gasteiger partial charge in [0.05, 0.1) is 0 Å². The second-order valence-corrected chi connectivity index (χ2v) is 4.26. The minimum Gasteiger partial charge on any atom is -0.289 e. The van der Waals surface area contributed by atoms with Crippen molar-refractivity contribution in [3.05, 3.63) is 21.4 Å². The summed E-state index contributed by atoms with van der Waals surface area (Å²) in [5.41, 5.74) is 2.81. The van der Waals surface area contributed by atoms with E-state index in [-0.39, 0.29) is 0 Å². The summed E-state index contributed by atoms with van der Waals surface area (Å²) in [5.74, 6) is 0. The zero-order chi connectivity index (χ0) is 9.10. The summed E-state index contributed by atoms with van der Waals surface area (Å²) in [5, 5.41) is 0. The van der Waals surface area contributed by atoms with Crippen LogP contribution in [-0.2, 0) is 12.8 Å². The van der Waals surface area contributed by atoms with E-state index < -0.39 is 0 Å². The molecule has 0 saturated carbocycles. The minimum absolute atomic E-state index is 0.417. The SMILES string of the molecule is O=c1c2c1CCCCCCCCC2. The summed E-state index contributed by atoms with van der Waals surface area (Å²) >= 11 is 0. The van der Waals surface area contributed by atoms with Gasteiger partial charge in [0, 0.05) is 11.1 Å². The van der Waals surface area contributed by atoms with Gasteiger partial charge in [-0.1, -0.05) is 32.1 Å². The molecule has 1 heteroatoms. The smallest absolute Gasteiger partial charge is 0.185 e. The maximum atomic E-state index is 11.3. The normalized spacial score (nSPS) is 20.9. The Balaban J connectivity index is 1.89. The second-order valence-electron chi connectivity index (χ2n) is 4.26. The average Bonchev–Trinajstić information content (AvgIpc) is 2.75. The molecule has 1 aromatic rings. The van der Waals surface area contributed by atoms with E-state index in [1.807, 2.05) is 0 Å². The lowest BCUT2D eigenvalue weighted by Gasteiger charge is -1.98. The Hall–Kier alpha value is -0.590. The van der Waals surface area contributed by atoms with E-state index in [0.29, 0.717) is 5.43 Å². The first-order valence-electron chi connectivity index (χ1n) is 5.66. The van der Waals surface area contributed by atoms with Crippen molar-refractivity contribution in [1.29, 1.82) is 0 Å². The molecule has 0 aromatic heterocycles. The van der Waals surface area contributed by atoms with Crippen molar-refractivity contribution < 1.29 is 0 Å². The third-order valence-electron chi connectivity index (χ3n) is 3.20. The lowest BCUT2D eigenvalue weighted by Crippen LogP contribution is -1.87. The number of hydrogen-bond acceptors (Lipinski definition) is 1. The molecule has 0 heterocycles. The van der Waals surface area contributed by atoms with Crippen LogP contribution in [0, 0.1) is 0 Å². The summed E-state index contributed by atoms with van der Waals surface area (Å²) in [7, 11) is 0. The molecule has 0 spiro atoms. The highest BCUT2D eigenvalue weighted by Crippen LogP contribution is 2.19. The first kappa shape index (κ1) is 8.98. The van der Waals surface area contributed by atoms with E-state index in [9.17, 15) is 4.79 Å². The molecule has 0 aliphatic heterocycles. The van der Waals surface area contributed by atoms with Gasteiger partial charge in [-0.3, -0.25) is 4.79 Å². The zero-order valence-electron chi connectivity index (χ0n) is 8.27. The molecule has 0 amide bonds. The fourth-order valence-corrected chi connectivity index (χ4v) is 2.26. The standard InChI is InChI=1S/C12H18O/c13-12-10-8-6-4-2-1-3-5-7-9-11(10)12/h1-9H2. The molecule has 0 saturated heterocycles. The molecule has 1 aliphatic carbocycles. The average molecular weight is 178 g/mol. The number of fused-ring (bicyclic) bond motifs is 1. The lowest BCUT2D eigenvalue weighted by atomic mass is 10.1. The van der Waals surface area contributed by atoms with Gasteiger partial charge in [-0.2, -0.15) is 0 Å². The van der Waals surface area contributed by atoms with Crippen LogP contribution in [0.15, 0.2) is 4.79 Å². The van der Waals surface area contributed by atoms with E-state index in [4.69, 9.17) is 0 Å². The van der Waals surface area contributed by atoms with Crippen molar-refractivity contribution in [2.45, 2.75) is 57.8 Å². The third kappa shape index (κ3) is 2.20. The van der Waals surface area contributed by atoms with Crippen LogP contribution in [0.25, 0.3) is 0 Å². The van der Waals surface area contributed by atoms with E-state index in [2.05, 4.69) is 0 Å². The van der Waals surface area contributed by atoms with Gasteiger partial charge in [-0.25, -0.2) is 0 Å². The first-order chi connectivity index (χ1) is 6.39. The van der Waals surface area contributed by atoms with Crippen molar-refractivity contribution in [1.82, 2.24) is 0 Å². The van der Waals surface area contributed by atoms with Crippen LogP contribution in [0.1, 0.15) is 56.1 Å². The molecule has 1 aromatic carbocycles. The van der Waals surface area contributed by atoms with Crippen molar-refractivity contribution >= 4 is 0 Å². The van der Waals surface area contributed by atoms with Gasteiger partial charge >= 0.3 is 0 Å². The predicted molar refractivity (Wildman–Crippen MR) is 54.8 cm³/mol. The van der Waals surface area contributed by atoms with Gasteiger partial charge in [0.15, 0.2) is 5.43 Å². The quantitative estimate of drug-likeness (QED) is 0.597. The van der Waals surface area contributed by atoms with Gasteiger partial charge in [-0.05, 0) is 25.7 Å².